The Kier molecular flexibility index (Phi) is 11.6. The van der Waals surface area contributed by atoms with Crippen molar-refractivity contribution in [3.63, 3.8) is 0 Å². The number of nitrogens with zero attached hydrogens (tertiary/aromatic N) is 2. The second-order valence-corrected chi connectivity index (χ2v) is 11.7. The average Bonchev–Trinajstić information content (AvgIpc) is 3.35. The van der Waals surface area contributed by atoms with Crippen LogP contribution in [0.15, 0.2) is 60.8 Å². The Bertz CT molecular complexity index is 1400. The highest BCUT2D eigenvalue weighted by molar-refractivity contribution is 5.82. The molecule has 232 valence electrons. The highest BCUT2D eigenvalue weighted by Crippen LogP contribution is 2.41. The summed E-state index contributed by atoms with van der Waals surface area (Å²) < 4.78 is 31.0. The summed E-state index contributed by atoms with van der Waals surface area (Å²) in [6.07, 6.45) is 1.92. The van der Waals surface area contributed by atoms with Gasteiger partial charge in [-0.15, -0.1) is 0 Å². The maximum absolute atomic E-state index is 14.9. The van der Waals surface area contributed by atoms with E-state index in [-0.39, 0.29) is 37.4 Å². The van der Waals surface area contributed by atoms with Crippen LogP contribution in [0, 0.1) is 17.0 Å². The SMILES string of the molecule is CC(C)(C)[C@H](c1cc(-c2cc(F)ccc2F)cn1Cc1ccccc1)N(CC[C@H](N)CNC(=O)CCC(N)=O)C(=O)CO. The minimum absolute atomic E-state index is 0.0457. The van der Waals surface area contributed by atoms with Crippen LogP contribution in [0.3, 0.4) is 0 Å². The first-order valence-corrected chi connectivity index (χ1v) is 14.2. The largest absolute Gasteiger partial charge is 0.387 e. The topological polar surface area (TPSA) is 144 Å². The quantitative estimate of drug-likeness (QED) is 0.225. The molecule has 6 N–H and O–H groups in total. The Labute approximate surface area is 250 Å². The maximum Gasteiger partial charge on any atom is 0.248 e. The fraction of sp³-hybridized carbons (Fsp3) is 0.406. The molecule has 2 aromatic carbocycles. The number of rotatable bonds is 14. The third kappa shape index (κ3) is 9.45. The van der Waals surface area contributed by atoms with E-state index in [4.69, 9.17) is 11.5 Å². The van der Waals surface area contributed by atoms with Crippen molar-refractivity contribution in [2.45, 2.75) is 58.7 Å². The molecule has 0 aliphatic carbocycles. The van der Waals surface area contributed by atoms with Crippen molar-refractivity contribution in [2.24, 2.45) is 16.9 Å². The van der Waals surface area contributed by atoms with E-state index in [0.717, 1.165) is 23.8 Å². The molecular weight excluding hydrogens is 556 g/mol. The van der Waals surface area contributed by atoms with Gasteiger partial charge in [0.1, 0.15) is 18.2 Å². The van der Waals surface area contributed by atoms with Gasteiger partial charge in [0, 0.05) is 61.5 Å². The first-order valence-electron chi connectivity index (χ1n) is 14.2. The van der Waals surface area contributed by atoms with Gasteiger partial charge in [0.15, 0.2) is 0 Å². The zero-order valence-electron chi connectivity index (χ0n) is 24.9. The lowest BCUT2D eigenvalue weighted by molar-refractivity contribution is -0.139. The summed E-state index contributed by atoms with van der Waals surface area (Å²) in [5, 5.41) is 12.6. The summed E-state index contributed by atoms with van der Waals surface area (Å²) in [6.45, 7) is 5.80. The van der Waals surface area contributed by atoms with E-state index >= 15 is 0 Å². The number of primary amides is 1. The van der Waals surface area contributed by atoms with E-state index in [1.54, 1.807) is 17.2 Å². The van der Waals surface area contributed by atoms with Gasteiger partial charge >= 0.3 is 0 Å². The Morgan fingerprint density at radius 2 is 1.74 bits per heavy atom. The van der Waals surface area contributed by atoms with Gasteiger partial charge in [0.05, 0.1) is 6.04 Å². The molecule has 43 heavy (non-hydrogen) atoms. The number of hydrogen-bond donors (Lipinski definition) is 4. The van der Waals surface area contributed by atoms with E-state index in [0.29, 0.717) is 24.2 Å². The Balaban J connectivity index is 1.98. The number of aliphatic hydroxyl groups is 1. The van der Waals surface area contributed by atoms with Crippen LogP contribution in [0.2, 0.25) is 0 Å². The second kappa shape index (κ2) is 14.9. The molecule has 0 radical (unpaired) electrons. The van der Waals surface area contributed by atoms with Gasteiger partial charge in [0.2, 0.25) is 17.7 Å². The Hall–Kier alpha value is -4.09. The van der Waals surface area contributed by atoms with Crippen LogP contribution in [-0.4, -0.2) is 58.0 Å². The number of benzene rings is 2. The van der Waals surface area contributed by atoms with Crippen LogP contribution >= 0.6 is 0 Å². The lowest BCUT2D eigenvalue weighted by atomic mass is 9.82. The molecule has 11 heteroatoms. The second-order valence-electron chi connectivity index (χ2n) is 11.7. The maximum atomic E-state index is 14.9. The first-order chi connectivity index (χ1) is 20.3. The summed E-state index contributed by atoms with van der Waals surface area (Å²) in [7, 11) is 0. The lowest BCUT2D eigenvalue weighted by Gasteiger charge is -2.41. The molecule has 0 saturated heterocycles. The molecular formula is C32H41F2N5O4. The molecule has 0 saturated carbocycles. The summed E-state index contributed by atoms with van der Waals surface area (Å²) in [4.78, 5) is 37.7. The Morgan fingerprint density at radius 1 is 1.05 bits per heavy atom. The minimum Gasteiger partial charge on any atom is -0.387 e. The summed E-state index contributed by atoms with van der Waals surface area (Å²) in [5.74, 6) is -2.62. The van der Waals surface area contributed by atoms with Gasteiger partial charge in [-0.05, 0) is 41.7 Å². The van der Waals surface area contributed by atoms with E-state index in [1.165, 1.54) is 0 Å². The number of aliphatic hydroxyl groups excluding tert-OH is 1. The number of amides is 3. The first kappa shape index (κ1) is 33.4. The average molecular weight is 598 g/mol. The third-order valence-electron chi connectivity index (χ3n) is 7.13. The summed E-state index contributed by atoms with van der Waals surface area (Å²) >= 11 is 0. The van der Waals surface area contributed by atoms with Crippen molar-refractivity contribution < 1.29 is 28.3 Å². The molecule has 0 aliphatic heterocycles. The predicted octanol–water partition coefficient (Wildman–Crippen LogP) is 3.49. The molecule has 0 aliphatic rings. The van der Waals surface area contributed by atoms with Crippen molar-refractivity contribution in [3.8, 4) is 11.1 Å². The third-order valence-corrected chi connectivity index (χ3v) is 7.13. The summed E-state index contributed by atoms with van der Waals surface area (Å²) in [5.41, 5.74) is 13.0. The van der Waals surface area contributed by atoms with Crippen molar-refractivity contribution in [1.29, 1.82) is 0 Å². The van der Waals surface area contributed by atoms with Crippen molar-refractivity contribution in [1.82, 2.24) is 14.8 Å². The lowest BCUT2D eigenvalue weighted by Crippen LogP contribution is -2.46. The molecule has 3 rings (SSSR count). The minimum atomic E-state index is -0.740. The predicted molar refractivity (Wildman–Crippen MR) is 160 cm³/mol. The fourth-order valence-electron chi connectivity index (χ4n) is 5.08. The van der Waals surface area contributed by atoms with Crippen molar-refractivity contribution >= 4 is 17.7 Å². The molecule has 1 aromatic heterocycles. The number of aromatic nitrogens is 1. The van der Waals surface area contributed by atoms with Gasteiger partial charge < -0.3 is 31.4 Å². The van der Waals surface area contributed by atoms with Crippen LogP contribution in [-0.2, 0) is 20.9 Å². The molecule has 0 fully saturated rings. The zero-order chi connectivity index (χ0) is 31.7. The standard InChI is InChI=1S/C32H41F2N5O4/c1-32(2,3)31(39(30(43)20-40)14-13-24(35)17-37-29(42)12-11-28(36)41)27-15-22(25-16-23(33)9-10-26(25)34)19-38(27)18-21-7-5-4-6-8-21/h4-10,15-16,19,24,31,40H,11-14,17-18,20,35H2,1-3H3,(H2,36,41)(H,37,42)/t24-,31-/m0/s1. The molecule has 0 unspecified atom stereocenters. The zero-order valence-corrected chi connectivity index (χ0v) is 24.9. The van der Waals surface area contributed by atoms with E-state index in [9.17, 15) is 28.3 Å². The molecule has 9 nitrogen and oxygen atoms in total. The number of hydrogen-bond acceptors (Lipinski definition) is 5. The fourth-order valence-corrected chi connectivity index (χ4v) is 5.08. The van der Waals surface area contributed by atoms with Crippen LogP contribution in [0.1, 0.15) is 57.3 Å². The molecule has 2 atom stereocenters. The highest BCUT2D eigenvalue weighted by atomic mass is 19.1. The molecule has 0 spiro atoms. The van der Waals surface area contributed by atoms with Crippen molar-refractivity contribution in [3.05, 3.63) is 83.7 Å². The number of carbonyl (C=O) groups excluding carboxylic acids is 3. The molecule has 3 amide bonds. The molecule has 1 heterocycles. The Morgan fingerprint density at radius 3 is 2.37 bits per heavy atom. The van der Waals surface area contributed by atoms with Crippen LogP contribution in [0.25, 0.3) is 11.1 Å². The highest BCUT2D eigenvalue weighted by Gasteiger charge is 2.37. The number of nitrogens with one attached hydrogen (secondary N) is 1. The van der Waals surface area contributed by atoms with E-state index < -0.39 is 47.6 Å². The van der Waals surface area contributed by atoms with Crippen LogP contribution < -0.4 is 16.8 Å². The number of carbonyl (C=O) groups is 3. The van der Waals surface area contributed by atoms with E-state index in [2.05, 4.69) is 5.32 Å². The molecule has 0 bridgehead atoms. The number of halogens is 2. The molecule has 3 aromatic rings. The smallest absolute Gasteiger partial charge is 0.248 e. The van der Waals surface area contributed by atoms with Crippen LogP contribution in [0.4, 0.5) is 8.78 Å². The van der Waals surface area contributed by atoms with Gasteiger partial charge in [-0.3, -0.25) is 14.4 Å². The summed E-state index contributed by atoms with van der Waals surface area (Å²) in [6, 6.07) is 13.5. The normalized spacial score (nSPS) is 12.9. The van der Waals surface area contributed by atoms with Gasteiger partial charge in [0.25, 0.3) is 0 Å². The van der Waals surface area contributed by atoms with Crippen LogP contribution in [0.5, 0.6) is 0 Å². The monoisotopic (exact) mass is 597 g/mol. The van der Waals surface area contributed by atoms with Gasteiger partial charge in [-0.2, -0.15) is 0 Å². The van der Waals surface area contributed by atoms with Crippen molar-refractivity contribution in [2.75, 3.05) is 19.7 Å². The number of nitrogens with two attached hydrogens (primary N) is 2. The van der Waals surface area contributed by atoms with Gasteiger partial charge in [-0.25, -0.2) is 8.78 Å². The van der Waals surface area contributed by atoms with Gasteiger partial charge in [-0.1, -0.05) is 51.1 Å². The van der Waals surface area contributed by atoms with E-state index in [1.807, 2.05) is 55.7 Å².